The third-order valence-corrected chi connectivity index (χ3v) is 4.73. The maximum absolute atomic E-state index is 11.7. The van der Waals surface area contributed by atoms with E-state index in [0.717, 1.165) is 17.4 Å². The highest BCUT2D eigenvalue weighted by Crippen LogP contribution is 2.19. The van der Waals surface area contributed by atoms with Crippen molar-refractivity contribution in [2.75, 3.05) is 19.8 Å². The van der Waals surface area contributed by atoms with Gasteiger partial charge in [-0.05, 0) is 13.0 Å². The van der Waals surface area contributed by atoms with Crippen molar-refractivity contribution in [2.24, 2.45) is 0 Å². The molecule has 0 radical (unpaired) electrons. The molecule has 1 heterocycles. The number of rotatable bonds is 7. The van der Waals surface area contributed by atoms with Gasteiger partial charge in [-0.15, -0.1) is 11.3 Å². The zero-order valence-corrected chi connectivity index (χ0v) is 10.8. The zero-order valence-electron chi connectivity index (χ0n) is 9.17. The van der Waals surface area contributed by atoms with Gasteiger partial charge >= 0.3 is 5.97 Å². The lowest BCUT2D eigenvalue weighted by atomic mass is 10.4. The number of thiophene rings is 1. The van der Waals surface area contributed by atoms with Crippen molar-refractivity contribution >= 4 is 27.3 Å². The molecule has 0 bridgehead atoms. The van der Waals surface area contributed by atoms with Gasteiger partial charge in [-0.2, -0.15) is 0 Å². The van der Waals surface area contributed by atoms with E-state index in [1.807, 2.05) is 6.92 Å². The highest BCUT2D eigenvalue weighted by molar-refractivity contribution is 7.91. The first-order chi connectivity index (χ1) is 7.97. The van der Waals surface area contributed by atoms with Gasteiger partial charge in [-0.3, -0.25) is 0 Å². The van der Waals surface area contributed by atoms with Gasteiger partial charge in [0.25, 0.3) is 0 Å². The smallest absolute Gasteiger partial charge is 0.336 e. The molecule has 17 heavy (non-hydrogen) atoms. The standard InChI is InChI=1S/C9H13NO5S2/c1-2-15-4-3-10-17(13,14)8-5-7(6-16-8)9(11)12/h5-6,10H,2-4H2,1H3,(H,11,12). The molecule has 0 spiro atoms. The van der Waals surface area contributed by atoms with Crippen molar-refractivity contribution in [3.63, 3.8) is 0 Å². The summed E-state index contributed by atoms with van der Waals surface area (Å²) < 4.78 is 30.7. The molecule has 2 N–H and O–H groups in total. The molecule has 1 aromatic rings. The first-order valence-electron chi connectivity index (χ1n) is 4.86. The molecule has 1 rings (SSSR count). The number of carboxylic acids is 1. The summed E-state index contributed by atoms with van der Waals surface area (Å²) in [5, 5.41) is 9.97. The van der Waals surface area contributed by atoms with E-state index >= 15 is 0 Å². The van der Waals surface area contributed by atoms with Crippen LogP contribution in [-0.2, 0) is 14.8 Å². The molecular weight excluding hydrogens is 266 g/mol. The SMILES string of the molecule is CCOCCNS(=O)(=O)c1cc(C(=O)O)cs1. The Morgan fingerprint density at radius 2 is 2.29 bits per heavy atom. The molecule has 1 aromatic heterocycles. The molecule has 0 fully saturated rings. The number of aromatic carboxylic acids is 1. The zero-order chi connectivity index (χ0) is 12.9. The summed E-state index contributed by atoms with van der Waals surface area (Å²) in [5.41, 5.74) is -0.0276. The predicted molar refractivity (Wildman–Crippen MR) is 63.0 cm³/mol. The molecule has 96 valence electrons. The molecule has 0 saturated carbocycles. The van der Waals surface area contributed by atoms with Gasteiger partial charge in [0.2, 0.25) is 10.0 Å². The lowest BCUT2D eigenvalue weighted by Gasteiger charge is -2.04. The Morgan fingerprint density at radius 1 is 1.59 bits per heavy atom. The van der Waals surface area contributed by atoms with Crippen molar-refractivity contribution in [2.45, 2.75) is 11.1 Å². The van der Waals surface area contributed by atoms with Crippen molar-refractivity contribution in [1.82, 2.24) is 4.72 Å². The van der Waals surface area contributed by atoms with Gasteiger partial charge in [0.05, 0.1) is 12.2 Å². The third kappa shape index (κ3) is 4.08. The second-order valence-electron chi connectivity index (χ2n) is 3.05. The van der Waals surface area contributed by atoms with E-state index in [0.29, 0.717) is 6.61 Å². The fraction of sp³-hybridized carbons (Fsp3) is 0.444. The Balaban J connectivity index is 2.66. The van der Waals surface area contributed by atoms with Crippen LogP contribution in [0.1, 0.15) is 17.3 Å². The number of carbonyl (C=O) groups is 1. The van der Waals surface area contributed by atoms with Gasteiger partial charge in [0, 0.05) is 18.5 Å². The van der Waals surface area contributed by atoms with Crippen LogP contribution >= 0.6 is 11.3 Å². The molecule has 0 aromatic carbocycles. The summed E-state index contributed by atoms with van der Waals surface area (Å²) in [4.78, 5) is 10.6. The lowest BCUT2D eigenvalue weighted by Crippen LogP contribution is -2.26. The Hall–Kier alpha value is -0.960. The van der Waals surface area contributed by atoms with Crippen LogP contribution in [0.15, 0.2) is 15.7 Å². The fourth-order valence-electron chi connectivity index (χ4n) is 1.03. The van der Waals surface area contributed by atoms with Gasteiger partial charge in [0.1, 0.15) is 4.21 Å². The molecule has 0 amide bonds. The largest absolute Gasteiger partial charge is 0.478 e. The summed E-state index contributed by atoms with van der Waals surface area (Å²) in [6, 6.07) is 1.13. The highest BCUT2D eigenvalue weighted by atomic mass is 32.2. The van der Waals surface area contributed by atoms with E-state index in [1.165, 1.54) is 5.38 Å². The number of hydrogen-bond acceptors (Lipinski definition) is 5. The average molecular weight is 279 g/mol. The van der Waals surface area contributed by atoms with Crippen LogP contribution in [0.3, 0.4) is 0 Å². The monoisotopic (exact) mass is 279 g/mol. The normalized spacial score (nSPS) is 11.6. The summed E-state index contributed by atoms with van der Waals surface area (Å²) in [5.74, 6) is -1.14. The van der Waals surface area contributed by atoms with Crippen LogP contribution < -0.4 is 4.72 Å². The van der Waals surface area contributed by atoms with E-state index in [2.05, 4.69) is 4.72 Å². The van der Waals surface area contributed by atoms with E-state index in [-0.39, 0.29) is 22.9 Å². The molecule has 0 unspecified atom stereocenters. The minimum atomic E-state index is -3.63. The van der Waals surface area contributed by atoms with Crippen molar-refractivity contribution < 1.29 is 23.1 Å². The summed E-state index contributed by atoms with van der Waals surface area (Å²) >= 11 is 0.876. The maximum atomic E-state index is 11.7. The van der Waals surface area contributed by atoms with Crippen LogP contribution in [0.5, 0.6) is 0 Å². The summed E-state index contributed by atoms with van der Waals surface area (Å²) in [6.45, 7) is 2.78. The van der Waals surface area contributed by atoms with Crippen LogP contribution in [-0.4, -0.2) is 39.3 Å². The quantitative estimate of drug-likeness (QED) is 0.719. The summed E-state index contributed by atoms with van der Waals surface area (Å²) in [7, 11) is -3.63. The van der Waals surface area contributed by atoms with Gasteiger partial charge in [-0.1, -0.05) is 0 Å². The molecule has 8 heteroatoms. The minimum Gasteiger partial charge on any atom is -0.478 e. The number of carboxylic acid groups (broad SMARTS) is 1. The number of ether oxygens (including phenoxy) is 1. The van der Waals surface area contributed by atoms with Crippen LogP contribution in [0.4, 0.5) is 0 Å². The van der Waals surface area contributed by atoms with Gasteiger partial charge in [-0.25, -0.2) is 17.9 Å². The van der Waals surface area contributed by atoms with Crippen LogP contribution in [0, 0.1) is 0 Å². The van der Waals surface area contributed by atoms with Crippen LogP contribution in [0.25, 0.3) is 0 Å². The van der Waals surface area contributed by atoms with Crippen molar-refractivity contribution in [3.05, 3.63) is 17.0 Å². The predicted octanol–water partition coefficient (Wildman–Crippen LogP) is 0.761. The van der Waals surface area contributed by atoms with E-state index in [4.69, 9.17) is 9.84 Å². The van der Waals surface area contributed by atoms with E-state index in [1.54, 1.807) is 0 Å². The third-order valence-electron chi connectivity index (χ3n) is 1.83. The van der Waals surface area contributed by atoms with Crippen molar-refractivity contribution in [3.8, 4) is 0 Å². The van der Waals surface area contributed by atoms with Crippen molar-refractivity contribution in [1.29, 1.82) is 0 Å². The maximum Gasteiger partial charge on any atom is 0.336 e. The number of nitrogens with one attached hydrogen (secondary N) is 1. The van der Waals surface area contributed by atoms with E-state index in [9.17, 15) is 13.2 Å². The molecule has 0 aliphatic rings. The molecule has 0 aliphatic heterocycles. The van der Waals surface area contributed by atoms with Crippen LogP contribution in [0.2, 0.25) is 0 Å². The number of hydrogen-bond donors (Lipinski definition) is 2. The summed E-state index contributed by atoms with van der Waals surface area (Å²) in [6.07, 6.45) is 0. The number of sulfonamides is 1. The highest BCUT2D eigenvalue weighted by Gasteiger charge is 2.18. The van der Waals surface area contributed by atoms with Gasteiger partial charge < -0.3 is 9.84 Å². The second kappa shape index (κ2) is 6.10. The molecule has 6 nitrogen and oxygen atoms in total. The molecule has 0 atom stereocenters. The Morgan fingerprint density at radius 3 is 2.82 bits per heavy atom. The Kier molecular flexibility index (Phi) is 5.06. The topological polar surface area (TPSA) is 92.7 Å². The molecular formula is C9H13NO5S2. The van der Waals surface area contributed by atoms with E-state index < -0.39 is 16.0 Å². The minimum absolute atomic E-state index is 0.00796. The molecule has 0 aliphatic carbocycles. The Bertz CT molecular complexity index is 479. The lowest BCUT2D eigenvalue weighted by molar-refractivity contribution is 0.0697. The fourth-order valence-corrected chi connectivity index (χ4v) is 3.24. The Labute approximate surface area is 103 Å². The average Bonchev–Trinajstić information content (AvgIpc) is 2.74. The first kappa shape index (κ1) is 14.1. The van der Waals surface area contributed by atoms with Gasteiger partial charge in [0.15, 0.2) is 0 Å². The second-order valence-corrected chi connectivity index (χ2v) is 5.96. The molecule has 0 saturated heterocycles. The first-order valence-corrected chi connectivity index (χ1v) is 7.23.